The molecule has 0 fully saturated rings. The second-order valence-electron chi connectivity index (χ2n) is 3.91. The summed E-state index contributed by atoms with van der Waals surface area (Å²) in [4.78, 5) is 0. The van der Waals surface area contributed by atoms with E-state index in [0.29, 0.717) is 17.3 Å². The van der Waals surface area contributed by atoms with Gasteiger partial charge in [-0.2, -0.15) is 0 Å². The molecule has 0 bridgehead atoms. The molecule has 108 valence electrons. The van der Waals surface area contributed by atoms with Crippen LogP contribution < -0.4 is 10.0 Å². The third kappa shape index (κ3) is 3.54. The molecule has 2 rings (SSSR count). The molecule has 0 aliphatic heterocycles. The van der Waals surface area contributed by atoms with Crippen LogP contribution in [-0.4, -0.2) is 15.5 Å². The van der Waals surface area contributed by atoms with Gasteiger partial charge in [-0.15, -0.1) is 0 Å². The maximum absolute atomic E-state index is 11.5. The Morgan fingerprint density at radius 1 is 1.30 bits per heavy atom. The van der Waals surface area contributed by atoms with E-state index < -0.39 is 10.0 Å². The molecule has 1 heterocycles. The molecule has 0 unspecified atom stereocenters. The maximum Gasteiger partial charge on any atom is 0.273 e. The molecule has 0 spiro atoms. The van der Waals surface area contributed by atoms with E-state index in [1.807, 2.05) is 6.07 Å². The minimum atomic E-state index is -3.55. The Morgan fingerprint density at radius 2 is 2.05 bits per heavy atom. The number of nitrogens with one attached hydrogen (secondary N) is 2. The van der Waals surface area contributed by atoms with Gasteiger partial charge in [0.05, 0.1) is 12.2 Å². The number of furan rings is 1. The topological polar surface area (TPSA) is 71.3 Å². The summed E-state index contributed by atoms with van der Waals surface area (Å²) in [6.45, 7) is 0.345. The lowest BCUT2D eigenvalue weighted by Gasteiger charge is -2.07. The molecule has 5 nitrogen and oxygen atoms in total. The Kier molecular flexibility index (Phi) is 4.74. The molecular formula is C12H12BrClN2O3S. The summed E-state index contributed by atoms with van der Waals surface area (Å²) in [5.74, 6) is 0.505. The molecule has 0 saturated carbocycles. The number of sulfonamides is 1. The van der Waals surface area contributed by atoms with E-state index in [4.69, 9.17) is 16.0 Å². The van der Waals surface area contributed by atoms with E-state index in [1.165, 1.54) is 13.1 Å². The van der Waals surface area contributed by atoms with E-state index in [1.54, 1.807) is 18.2 Å². The molecule has 2 N–H and O–H groups in total. The van der Waals surface area contributed by atoms with Crippen molar-refractivity contribution in [1.29, 1.82) is 0 Å². The molecule has 0 radical (unpaired) electrons. The molecular weight excluding hydrogens is 368 g/mol. The van der Waals surface area contributed by atoms with E-state index in [9.17, 15) is 8.42 Å². The van der Waals surface area contributed by atoms with Crippen LogP contribution in [0.1, 0.15) is 5.76 Å². The van der Waals surface area contributed by atoms with Crippen molar-refractivity contribution in [2.75, 3.05) is 12.4 Å². The highest BCUT2D eigenvalue weighted by Gasteiger charge is 2.16. The van der Waals surface area contributed by atoms with Gasteiger partial charge in [0.2, 0.25) is 5.09 Å². The normalized spacial score (nSPS) is 11.6. The van der Waals surface area contributed by atoms with Crippen LogP contribution in [0, 0.1) is 0 Å². The fourth-order valence-corrected chi connectivity index (χ4v) is 2.74. The highest BCUT2D eigenvalue weighted by molar-refractivity contribution is 9.10. The van der Waals surface area contributed by atoms with Gasteiger partial charge in [0.25, 0.3) is 10.0 Å². The third-order valence-corrected chi connectivity index (χ3v) is 4.77. The van der Waals surface area contributed by atoms with Gasteiger partial charge in [0, 0.05) is 9.50 Å². The van der Waals surface area contributed by atoms with Crippen molar-refractivity contribution in [2.45, 2.75) is 11.6 Å². The van der Waals surface area contributed by atoms with Crippen LogP contribution in [0.5, 0.6) is 0 Å². The summed E-state index contributed by atoms with van der Waals surface area (Å²) < 4.78 is 31.4. The van der Waals surface area contributed by atoms with Crippen LogP contribution >= 0.6 is 27.5 Å². The van der Waals surface area contributed by atoms with Crippen molar-refractivity contribution in [2.24, 2.45) is 0 Å². The lowest BCUT2D eigenvalue weighted by molar-refractivity contribution is 0.417. The van der Waals surface area contributed by atoms with Crippen molar-refractivity contribution >= 4 is 43.2 Å². The first-order valence-corrected chi connectivity index (χ1v) is 8.29. The Bertz CT molecular complexity index is 715. The SMILES string of the molecule is CNS(=O)(=O)c1ccc(CNc2cc(Cl)ccc2Br)o1. The van der Waals surface area contributed by atoms with E-state index in [-0.39, 0.29) is 5.09 Å². The van der Waals surface area contributed by atoms with Crippen LogP contribution in [0.3, 0.4) is 0 Å². The van der Waals surface area contributed by atoms with Gasteiger partial charge in [-0.05, 0) is 53.3 Å². The number of halogens is 2. The smallest absolute Gasteiger partial charge is 0.273 e. The molecule has 8 heteroatoms. The van der Waals surface area contributed by atoms with E-state index in [2.05, 4.69) is 26.0 Å². The van der Waals surface area contributed by atoms with Gasteiger partial charge in [-0.25, -0.2) is 13.1 Å². The van der Waals surface area contributed by atoms with Crippen molar-refractivity contribution < 1.29 is 12.8 Å². The molecule has 2 aromatic rings. The molecule has 0 amide bonds. The average molecular weight is 380 g/mol. The van der Waals surface area contributed by atoms with Gasteiger partial charge in [0.15, 0.2) is 0 Å². The molecule has 20 heavy (non-hydrogen) atoms. The van der Waals surface area contributed by atoms with Crippen molar-refractivity contribution in [3.05, 3.63) is 45.6 Å². The molecule has 0 aliphatic carbocycles. The van der Waals surface area contributed by atoms with Crippen molar-refractivity contribution in [3.63, 3.8) is 0 Å². The minimum absolute atomic E-state index is 0.109. The Morgan fingerprint density at radius 3 is 2.75 bits per heavy atom. The molecule has 0 aliphatic rings. The quantitative estimate of drug-likeness (QED) is 0.837. The van der Waals surface area contributed by atoms with Crippen LogP contribution in [0.2, 0.25) is 5.02 Å². The highest BCUT2D eigenvalue weighted by Crippen LogP contribution is 2.26. The zero-order valence-corrected chi connectivity index (χ0v) is 13.6. The first kappa shape index (κ1) is 15.4. The molecule has 0 atom stereocenters. The number of benzene rings is 1. The maximum atomic E-state index is 11.5. The largest absolute Gasteiger partial charge is 0.446 e. The summed E-state index contributed by atoms with van der Waals surface area (Å²) >= 11 is 9.30. The van der Waals surface area contributed by atoms with Gasteiger partial charge in [-0.3, -0.25) is 0 Å². The second-order valence-corrected chi connectivity index (χ2v) is 7.01. The van der Waals surface area contributed by atoms with Crippen LogP contribution in [0.4, 0.5) is 5.69 Å². The summed E-state index contributed by atoms with van der Waals surface area (Å²) in [5.41, 5.74) is 0.798. The fourth-order valence-electron chi connectivity index (χ4n) is 1.51. The number of anilines is 1. The number of hydrogen-bond donors (Lipinski definition) is 2. The average Bonchev–Trinajstić information content (AvgIpc) is 2.89. The predicted molar refractivity (Wildman–Crippen MR) is 81.4 cm³/mol. The first-order valence-electron chi connectivity index (χ1n) is 5.63. The van der Waals surface area contributed by atoms with E-state index in [0.717, 1.165) is 10.2 Å². The fraction of sp³-hybridized carbons (Fsp3) is 0.167. The van der Waals surface area contributed by atoms with Crippen molar-refractivity contribution in [1.82, 2.24) is 4.72 Å². The lowest BCUT2D eigenvalue weighted by atomic mass is 10.3. The zero-order valence-electron chi connectivity index (χ0n) is 10.5. The zero-order chi connectivity index (χ0) is 14.8. The van der Waals surface area contributed by atoms with E-state index >= 15 is 0 Å². The monoisotopic (exact) mass is 378 g/mol. The molecule has 1 aromatic carbocycles. The predicted octanol–water partition coefficient (Wildman–Crippen LogP) is 3.22. The van der Waals surface area contributed by atoms with Gasteiger partial charge < -0.3 is 9.73 Å². The number of rotatable bonds is 5. The van der Waals surface area contributed by atoms with Gasteiger partial charge in [-0.1, -0.05) is 11.6 Å². The van der Waals surface area contributed by atoms with Gasteiger partial charge in [0.1, 0.15) is 5.76 Å². The van der Waals surface area contributed by atoms with Crippen LogP contribution in [-0.2, 0) is 16.6 Å². The minimum Gasteiger partial charge on any atom is -0.446 e. The summed E-state index contributed by atoms with van der Waals surface area (Å²) in [5, 5.41) is 3.61. The summed E-state index contributed by atoms with van der Waals surface area (Å²) in [7, 11) is -2.22. The summed E-state index contributed by atoms with van der Waals surface area (Å²) in [6.07, 6.45) is 0. The van der Waals surface area contributed by atoms with Gasteiger partial charge >= 0.3 is 0 Å². The van der Waals surface area contributed by atoms with Crippen molar-refractivity contribution in [3.8, 4) is 0 Å². The standard InChI is InChI=1S/C12H12BrClN2O3S/c1-15-20(17,18)12-5-3-9(19-12)7-16-11-6-8(14)2-4-10(11)13/h2-6,15-16H,7H2,1H3. The molecule has 1 aromatic heterocycles. The van der Waals surface area contributed by atoms with Crippen LogP contribution in [0.25, 0.3) is 0 Å². The number of hydrogen-bond acceptors (Lipinski definition) is 4. The Balaban J connectivity index is 2.10. The Labute approximate surface area is 130 Å². The lowest BCUT2D eigenvalue weighted by Crippen LogP contribution is -2.17. The first-order chi connectivity index (χ1) is 9.42. The Hall–Kier alpha value is -1.02. The highest BCUT2D eigenvalue weighted by atomic mass is 79.9. The third-order valence-electron chi connectivity index (χ3n) is 2.55. The molecule has 0 saturated heterocycles. The second kappa shape index (κ2) is 6.17. The summed E-state index contributed by atoms with van der Waals surface area (Å²) in [6, 6.07) is 8.37. The van der Waals surface area contributed by atoms with Crippen LogP contribution in [0.15, 0.2) is 44.3 Å².